The van der Waals surface area contributed by atoms with E-state index in [0.717, 1.165) is 5.56 Å². The highest BCUT2D eigenvalue weighted by atomic mass is 19.4. The lowest BCUT2D eigenvalue weighted by Crippen LogP contribution is -2.17. The van der Waals surface area contributed by atoms with E-state index in [0.29, 0.717) is 5.56 Å². The third-order valence-electron chi connectivity index (χ3n) is 2.36. The van der Waals surface area contributed by atoms with Crippen molar-refractivity contribution >= 4 is 12.2 Å². The van der Waals surface area contributed by atoms with Crippen LogP contribution in [0.5, 0.6) is 5.75 Å². The van der Waals surface area contributed by atoms with Crippen LogP contribution in [-0.4, -0.2) is 6.36 Å². The maximum Gasteiger partial charge on any atom is 0.573 e. The first-order chi connectivity index (χ1) is 9.03. The monoisotopic (exact) mass is 264 g/mol. The molecule has 4 heteroatoms. The molecule has 0 aromatic heterocycles. The van der Waals surface area contributed by atoms with Gasteiger partial charge in [-0.2, -0.15) is 0 Å². The third-order valence-corrected chi connectivity index (χ3v) is 2.36. The summed E-state index contributed by atoms with van der Waals surface area (Å²) in [5.41, 5.74) is 1.62. The van der Waals surface area contributed by atoms with Crippen LogP contribution in [0, 0.1) is 0 Å². The SMILES string of the molecule is FC(F)(F)Oc1cccc(C=Cc2ccccc2)c1. The van der Waals surface area contributed by atoms with E-state index in [1.807, 2.05) is 36.4 Å². The number of alkyl halides is 3. The van der Waals surface area contributed by atoms with Gasteiger partial charge in [-0.3, -0.25) is 0 Å². The first-order valence-corrected chi connectivity index (χ1v) is 5.62. The van der Waals surface area contributed by atoms with Crippen LogP contribution in [0.25, 0.3) is 12.2 Å². The molecule has 19 heavy (non-hydrogen) atoms. The average Bonchev–Trinajstić information content (AvgIpc) is 2.36. The van der Waals surface area contributed by atoms with Crippen LogP contribution in [0.4, 0.5) is 13.2 Å². The molecule has 0 saturated carbocycles. The van der Waals surface area contributed by atoms with E-state index in [1.54, 1.807) is 12.1 Å². The van der Waals surface area contributed by atoms with Gasteiger partial charge in [0.15, 0.2) is 0 Å². The molecule has 0 bridgehead atoms. The highest BCUT2D eigenvalue weighted by molar-refractivity contribution is 5.70. The molecule has 0 unspecified atom stereocenters. The van der Waals surface area contributed by atoms with Crippen LogP contribution < -0.4 is 4.74 Å². The first-order valence-electron chi connectivity index (χ1n) is 5.62. The highest BCUT2D eigenvalue weighted by Crippen LogP contribution is 2.23. The van der Waals surface area contributed by atoms with Gasteiger partial charge in [0, 0.05) is 0 Å². The van der Waals surface area contributed by atoms with Crippen LogP contribution in [0.3, 0.4) is 0 Å². The van der Waals surface area contributed by atoms with E-state index in [1.165, 1.54) is 18.2 Å². The van der Waals surface area contributed by atoms with E-state index in [4.69, 9.17) is 0 Å². The van der Waals surface area contributed by atoms with Crippen molar-refractivity contribution in [3.05, 3.63) is 65.7 Å². The second-order valence-corrected chi connectivity index (χ2v) is 3.86. The van der Waals surface area contributed by atoms with Gasteiger partial charge in [-0.15, -0.1) is 13.2 Å². The Balaban J connectivity index is 2.13. The fraction of sp³-hybridized carbons (Fsp3) is 0.0667. The van der Waals surface area contributed by atoms with Crippen molar-refractivity contribution in [1.82, 2.24) is 0 Å². The summed E-state index contributed by atoms with van der Waals surface area (Å²) in [6, 6.07) is 15.3. The molecule has 0 aliphatic rings. The Morgan fingerprint density at radius 1 is 0.789 bits per heavy atom. The molecule has 2 rings (SSSR count). The van der Waals surface area contributed by atoms with Gasteiger partial charge < -0.3 is 4.74 Å². The summed E-state index contributed by atoms with van der Waals surface area (Å²) in [6.07, 6.45) is -1.10. The lowest BCUT2D eigenvalue weighted by molar-refractivity contribution is -0.274. The van der Waals surface area contributed by atoms with Crippen molar-refractivity contribution in [1.29, 1.82) is 0 Å². The third kappa shape index (κ3) is 4.50. The highest BCUT2D eigenvalue weighted by Gasteiger charge is 2.30. The van der Waals surface area contributed by atoms with Gasteiger partial charge in [0.05, 0.1) is 0 Å². The minimum absolute atomic E-state index is 0.220. The largest absolute Gasteiger partial charge is 0.573 e. The van der Waals surface area contributed by atoms with E-state index in [-0.39, 0.29) is 5.75 Å². The summed E-state index contributed by atoms with van der Waals surface area (Å²) in [6.45, 7) is 0. The number of hydrogen-bond acceptors (Lipinski definition) is 1. The van der Waals surface area contributed by atoms with Gasteiger partial charge in [-0.1, -0.05) is 54.6 Å². The van der Waals surface area contributed by atoms with Crippen LogP contribution in [0.1, 0.15) is 11.1 Å². The molecular weight excluding hydrogens is 253 g/mol. The lowest BCUT2D eigenvalue weighted by atomic mass is 10.1. The summed E-state index contributed by atoms with van der Waals surface area (Å²) < 4.78 is 40.1. The second kappa shape index (κ2) is 5.61. The molecule has 0 N–H and O–H groups in total. The molecule has 0 saturated heterocycles. The molecule has 98 valence electrons. The van der Waals surface area contributed by atoms with Crippen LogP contribution in [0.15, 0.2) is 54.6 Å². The molecule has 0 aliphatic carbocycles. The van der Waals surface area contributed by atoms with E-state index >= 15 is 0 Å². The van der Waals surface area contributed by atoms with E-state index < -0.39 is 6.36 Å². The summed E-state index contributed by atoms with van der Waals surface area (Å²) in [5.74, 6) is -0.220. The van der Waals surface area contributed by atoms with Crippen molar-refractivity contribution in [2.24, 2.45) is 0 Å². The molecular formula is C15H11F3O. The maximum atomic E-state index is 12.1. The van der Waals surface area contributed by atoms with Crippen molar-refractivity contribution in [2.45, 2.75) is 6.36 Å². The smallest absolute Gasteiger partial charge is 0.406 e. The molecule has 1 nitrogen and oxygen atoms in total. The molecule has 0 fully saturated rings. The van der Waals surface area contributed by atoms with Gasteiger partial charge in [0.2, 0.25) is 0 Å². The average molecular weight is 264 g/mol. The van der Waals surface area contributed by atoms with E-state index in [9.17, 15) is 13.2 Å². The zero-order valence-electron chi connectivity index (χ0n) is 9.89. The molecule has 0 atom stereocenters. The predicted molar refractivity (Wildman–Crippen MR) is 68.5 cm³/mol. The zero-order valence-corrected chi connectivity index (χ0v) is 9.89. The Labute approximate surface area is 109 Å². The predicted octanol–water partition coefficient (Wildman–Crippen LogP) is 4.76. The summed E-state index contributed by atoms with van der Waals surface area (Å²) in [4.78, 5) is 0. The van der Waals surface area contributed by atoms with Gasteiger partial charge in [-0.05, 0) is 23.3 Å². The first kappa shape index (κ1) is 13.2. The van der Waals surface area contributed by atoms with Gasteiger partial charge in [-0.25, -0.2) is 0 Å². The molecule has 2 aromatic rings. The van der Waals surface area contributed by atoms with Crippen LogP contribution >= 0.6 is 0 Å². The molecule has 0 spiro atoms. The fourth-order valence-electron chi connectivity index (χ4n) is 1.57. The van der Waals surface area contributed by atoms with Crippen LogP contribution in [0.2, 0.25) is 0 Å². The van der Waals surface area contributed by atoms with Crippen LogP contribution in [-0.2, 0) is 0 Å². The van der Waals surface area contributed by atoms with Gasteiger partial charge >= 0.3 is 6.36 Å². The van der Waals surface area contributed by atoms with Crippen molar-refractivity contribution in [3.8, 4) is 5.75 Å². The zero-order chi connectivity index (χ0) is 13.7. The maximum absolute atomic E-state index is 12.1. The number of benzene rings is 2. The number of rotatable bonds is 3. The summed E-state index contributed by atoms with van der Waals surface area (Å²) >= 11 is 0. The summed E-state index contributed by atoms with van der Waals surface area (Å²) in [5, 5.41) is 0. The topological polar surface area (TPSA) is 9.23 Å². The Hall–Kier alpha value is -2.23. The van der Waals surface area contributed by atoms with Gasteiger partial charge in [0.1, 0.15) is 5.75 Å². The Kier molecular flexibility index (Phi) is 3.90. The Morgan fingerprint density at radius 3 is 2.11 bits per heavy atom. The van der Waals surface area contributed by atoms with Crippen molar-refractivity contribution < 1.29 is 17.9 Å². The molecule has 0 radical (unpaired) electrons. The molecule has 0 amide bonds. The normalized spacial score (nSPS) is 11.7. The Morgan fingerprint density at radius 2 is 1.42 bits per heavy atom. The lowest BCUT2D eigenvalue weighted by Gasteiger charge is -2.08. The number of halogens is 3. The quantitative estimate of drug-likeness (QED) is 0.726. The molecule has 2 aromatic carbocycles. The number of hydrogen-bond donors (Lipinski definition) is 0. The fourth-order valence-corrected chi connectivity index (χ4v) is 1.57. The van der Waals surface area contributed by atoms with Gasteiger partial charge in [0.25, 0.3) is 0 Å². The molecule has 0 heterocycles. The molecule has 0 aliphatic heterocycles. The minimum Gasteiger partial charge on any atom is -0.406 e. The summed E-state index contributed by atoms with van der Waals surface area (Å²) in [7, 11) is 0. The van der Waals surface area contributed by atoms with E-state index in [2.05, 4.69) is 4.74 Å². The van der Waals surface area contributed by atoms with Crippen molar-refractivity contribution in [2.75, 3.05) is 0 Å². The minimum atomic E-state index is -4.66. The Bertz CT molecular complexity index is 559. The van der Waals surface area contributed by atoms with Crippen molar-refractivity contribution in [3.63, 3.8) is 0 Å². The number of ether oxygens (including phenoxy) is 1. The second-order valence-electron chi connectivity index (χ2n) is 3.86. The standard InChI is InChI=1S/C15H11F3O/c16-15(17,18)19-14-8-4-7-13(11-14)10-9-12-5-2-1-3-6-12/h1-11H.